The standard InChI is InChI=1S/C12H15N3O3/c16-5-3-15(4-6-17)12-8-10(13-9-14-12)11-2-1-7-18-11/h1-2,7-9,16-17H,3-6H2. The summed E-state index contributed by atoms with van der Waals surface area (Å²) >= 11 is 0. The van der Waals surface area contributed by atoms with Gasteiger partial charge in [0.25, 0.3) is 0 Å². The Bertz CT molecular complexity index is 467. The van der Waals surface area contributed by atoms with Gasteiger partial charge in [-0.15, -0.1) is 0 Å². The summed E-state index contributed by atoms with van der Waals surface area (Å²) in [6, 6.07) is 5.37. The van der Waals surface area contributed by atoms with Crippen LogP contribution in [-0.2, 0) is 0 Å². The number of hydrogen-bond acceptors (Lipinski definition) is 6. The van der Waals surface area contributed by atoms with E-state index in [2.05, 4.69) is 9.97 Å². The Morgan fingerprint density at radius 1 is 1.17 bits per heavy atom. The van der Waals surface area contributed by atoms with E-state index >= 15 is 0 Å². The van der Waals surface area contributed by atoms with Gasteiger partial charge in [-0.05, 0) is 12.1 Å². The van der Waals surface area contributed by atoms with E-state index < -0.39 is 0 Å². The molecule has 96 valence electrons. The largest absolute Gasteiger partial charge is 0.463 e. The lowest BCUT2D eigenvalue weighted by Gasteiger charge is -2.21. The molecule has 0 aliphatic rings. The van der Waals surface area contributed by atoms with E-state index in [0.29, 0.717) is 30.4 Å². The minimum absolute atomic E-state index is 0.0000875. The molecule has 0 aliphatic carbocycles. The maximum Gasteiger partial charge on any atom is 0.152 e. The molecule has 0 spiro atoms. The average molecular weight is 249 g/mol. The van der Waals surface area contributed by atoms with E-state index in [-0.39, 0.29) is 13.2 Å². The zero-order chi connectivity index (χ0) is 12.8. The van der Waals surface area contributed by atoms with E-state index in [0.717, 1.165) is 0 Å². The van der Waals surface area contributed by atoms with Gasteiger partial charge in [0.2, 0.25) is 0 Å². The van der Waals surface area contributed by atoms with Crippen LogP contribution in [0.3, 0.4) is 0 Å². The van der Waals surface area contributed by atoms with E-state index in [1.165, 1.54) is 6.33 Å². The summed E-state index contributed by atoms with van der Waals surface area (Å²) in [5.41, 5.74) is 0.672. The van der Waals surface area contributed by atoms with Gasteiger partial charge in [-0.3, -0.25) is 0 Å². The summed E-state index contributed by atoms with van der Waals surface area (Å²) in [6.07, 6.45) is 3.02. The Kier molecular flexibility index (Phi) is 4.27. The van der Waals surface area contributed by atoms with Crippen LogP contribution in [-0.4, -0.2) is 46.5 Å². The maximum absolute atomic E-state index is 8.99. The van der Waals surface area contributed by atoms with Crippen LogP contribution in [0.25, 0.3) is 11.5 Å². The van der Waals surface area contributed by atoms with Crippen LogP contribution in [0.4, 0.5) is 5.82 Å². The second kappa shape index (κ2) is 6.13. The van der Waals surface area contributed by atoms with E-state index in [4.69, 9.17) is 14.6 Å². The third-order valence-electron chi connectivity index (χ3n) is 2.49. The smallest absolute Gasteiger partial charge is 0.152 e. The first-order chi connectivity index (χ1) is 8.85. The Balaban J connectivity index is 2.25. The number of anilines is 1. The molecule has 18 heavy (non-hydrogen) atoms. The Morgan fingerprint density at radius 2 is 1.94 bits per heavy atom. The maximum atomic E-state index is 8.99. The topological polar surface area (TPSA) is 82.6 Å². The van der Waals surface area contributed by atoms with Gasteiger partial charge >= 0.3 is 0 Å². The molecule has 2 heterocycles. The minimum Gasteiger partial charge on any atom is -0.463 e. The lowest BCUT2D eigenvalue weighted by atomic mass is 10.3. The highest BCUT2D eigenvalue weighted by molar-refractivity contribution is 5.57. The number of aliphatic hydroxyl groups excluding tert-OH is 2. The number of nitrogens with zero attached hydrogens (tertiary/aromatic N) is 3. The first-order valence-corrected chi connectivity index (χ1v) is 5.67. The fraction of sp³-hybridized carbons (Fsp3) is 0.333. The second-order valence-electron chi connectivity index (χ2n) is 3.67. The van der Waals surface area contributed by atoms with Gasteiger partial charge in [-0.1, -0.05) is 0 Å². The van der Waals surface area contributed by atoms with Crippen molar-refractivity contribution in [2.24, 2.45) is 0 Å². The molecule has 2 rings (SSSR count). The Morgan fingerprint density at radius 3 is 2.56 bits per heavy atom. The lowest BCUT2D eigenvalue weighted by molar-refractivity contribution is 0.280. The number of aliphatic hydroxyl groups is 2. The number of aromatic nitrogens is 2. The SMILES string of the molecule is OCCN(CCO)c1cc(-c2ccco2)ncn1. The van der Waals surface area contributed by atoms with Crippen molar-refractivity contribution in [3.63, 3.8) is 0 Å². The molecule has 6 nitrogen and oxygen atoms in total. The first-order valence-electron chi connectivity index (χ1n) is 5.67. The molecule has 0 radical (unpaired) electrons. The van der Waals surface area contributed by atoms with Crippen LogP contribution in [0.15, 0.2) is 35.2 Å². The number of hydrogen-bond donors (Lipinski definition) is 2. The summed E-state index contributed by atoms with van der Waals surface area (Å²) in [4.78, 5) is 10.1. The molecule has 6 heteroatoms. The molecule has 2 aromatic heterocycles. The van der Waals surface area contributed by atoms with Gasteiger partial charge in [-0.25, -0.2) is 9.97 Å². The predicted octanol–water partition coefficient (Wildman–Crippen LogP) is 0.528. The van der Waals surface area contributed by atoms with Crippen LogP contribution in [0, 0.1) is 0 Å². The highest BCUT2D eigenvalue weighted by atomic mass is 16.3. The highest BCUT2D eigenvalue weighted by Crippen LogP contribution is 2.20. The number of rotatable bonds is 6. The lowest BCUT2D eigenvalue weighted by Crippen LogP contribution is -2.30. The van der Waals surface area contributed by atoms with Crippen molar-refractivity contribution in [3.05, 3.63) is 30.8 Å². The summed E-state index contributed by atoms with van der Waals surface area (Å²) < 4.78 is 5.27. The zero-order valence-electron chi connectivity index (χ0n) is 9.86. The molecule has 2 N–H and O–H groups in total. The monoisotopic (exact) mass is 249 g/mol. The molecule has 0 fully saturated rings. The Hall–Kier alpha value is -1.92. The normalized spacial score (nSPS) is 10.6. The summed E-state index contributed by atoms with van der Waals surface area (Å²) in [6.45, 7) is 0.824. The molecule has 0 atom stereocenters. The van der Waals surface area contributed by atoms with Crippen molar-refractivity contribution < 1.29 is 14.6 Å². The van der Waals surface area contributed by atoms with Crippen molar-refractivity contribution in [2.75, 3.05) is 31.2 Å². The van der Waals surface area contributed by atoms with Crippen molar-refractivity contribution in [2.45, 2.75) is 0 Å². The average Bonchev–Trinajstić information content (AvgIpc) is 2.93. The van der Waals surface area contributed by atoms with Gasteiger partial charge in [0.1, 0.15) is 17.8 Å². The van der Waals surface area contributed by atoms with Gasteiger partial charge in [0.15, 0.2) is 5.76 Å². The van der Waals surface area contributed by atoms with Crippen molar-refractivity contribution >= 4 is 5.82 Å². The molecule has 0 aromatic carbocycles. The second-order valence-corrected chi connectivity index (χ2v) is 3.67. The fourth-order valence-corrected chi connectivity index (χ4v) is 1.66. The predicted molar refractivity (Wildman–Crippen MR) is 66.1 cm³/mol. The first kappa shape index (κ1) is 12.5. The third kappa shape index (κ3) is 2.85. The van der Waals surface area contributed by atoms with Crippen LogP contribution >= 0.6 is 0 Å². The van der Waals surface area contributed by atoms with E-state index in [1.54, 1.807) is 23.3 Å². The molecule has 0 unspecified atom stereocenters. The molecule has 0 bridgehead atoms. The third-order valence-corrected chi connectivity index (χ3v) is 2.49. The highest BCUT2D eigenvalue weighted by Gasteiger charge is 2.10. The number of furan rings is 1. The molecule has 2 aromatic rings. The van der Waals surface area contributed by atoms with Gasteiger partial charge in [0.05, 0.1) is 19.5 Å². The van der Waals surface area contributed by atoms with Crippen LogP contribution in [0.1, 0.15) is 0 Å². The zero-order valence-corrected chi connectivity index (χ0v) is 9.86. The minimum atomic E-state index is 0.0000875. The summed E-state index contributed by atoms with van der Waals surface area (Å²) in [5.74, 6) is 1.31. The van der Waals surface area contributed by atoms with Crippen LogP contribution < -0.4 is 4.90 Å². The molecular formula is C12H15N3O3. The molecule has 0 saturated carbocycles. The summed E-state index contributed by atoms with van der Waals surface area (Å²) in [7, 11) is 0. The molecule has 0 amide bonds. The molecular weight excluding hydrogens is 234 g/mol. The van der Waals surface area contributed by atoms with Crippen LogP contribution in [0.5, 0.6) is 0 Å². The van der Waals surface area contributed by atoms with Gasteiger partial charge in [0, 0.05) is 19.2 Å². The van der Waals surface area contributed by atoms with Crippen LogP contribution in [0.2, 0.25) is 0 Å². The van der Waals surface area contributed by atoms with Gasteiger partial charge in [-0.2, -0.15) is 0 Å². The van der Waals surface area contributed by atoms with Crippen molar-refractivity contribution in [1.29, 1.82) is 0 Å². The van der Waals surface area contributed by atoms with Crippen molar-refractivity contribution in [1.82, 2.24) is 9.97 Å². The Labute approximate surface area is 105 Å². The molecule has 0 saturated heterocycles. The molecule has 0 aliphatic heterocycles. The van der Waals surface area contributed by atoms with E-state index in [9.17, 15) is 0 Å². The fourth-order valence-electron chi connectivity index (χ4n) is 1.66. The van der Waals surface area contributed by atoms with Gasteiger partial charge < -0.3 is 19.5 Å². The van der Waals surface area contributed by atoms with E-state index in [1.807, 2.05) is 6.07 Å². The summed E-state index contributed by atoms with van der Waals surface area (Å²) in [5, 5.41) is 18.0. The quantitative estimate of drug-likeness (QED) is 0.777. The van der Waals surface area contributed by atoms with Crippen molar-refractivity contribution in [3.8, 4) is 11.5 Å².